The molecule has 1 amide bonds. The number of amides is 1. The normalized spacial score (nSPS) is 18.8. The van der Waals surface area contributed by atoms with Crippen LogP contribution in [0, 0.1) is 0 Å². The number of rotatable bonds is 60. The molecule has 1 saturated heterocycles. The van der Waals surface area contributed by atoms with Crippen molar-refractivity contribution >= 4 is 5.91 Å². The van der Waals surface area contributed by atoms with Crippen molar-refractivity contribution in [2.45, 2.75) is 397 Å². The number of aliphatic hydroxyl groups excluding tert-OH is 5. The SMILES string of the molecule is CCCCCCCCCCCCCCCCCCCCCCCCCCCCCCCC/C=C/C(O)C(COC1OC(CO)C(O)C(O)C1O)NC(=O)CCCCCCCCCCCCCCCCCCCCCCC. The van der Waals surface area contributed by atoms with E-state index in [1.807, 2.05) is 6.08 Å². The molecule has 1 aliphatic rings. The van der Waals surface area contributed by atoms with Crippen molar-refractivity contribution < 1.29 is 39.8 Å². The Morgan fingerprint density at radius 3 is 1.03 bits per heavy atom. The summed E-state index contributed by atoms with van der Waals surface area (Å²) in [5.74, 6) is -0.168. The van der Waals surface area contributed by atoms with Crippen molar-refractivity contribution in [2.75, 3.05) is 13.2 Å². The molecule has 76 heavy (non-hydrogen) atoms. The Hall–Kier alpha value is -1.07. The maximum Gasteiger partial charge on any atom is 0.220 e. The molecule has 7 unspecified atom stereocenters. The fourth-order valence-electron chi connectivity index (χ4n) is 11.3. The highest BCUT2D eigenvalue weighted by Gasteiger charge is 2.44. The summed E-state index contributed by atoms with van der Waals surface area (Å²) in [5.41, 5.74) is 0. The molecule has 0 aromatic heterocycles. The van der Waals surface area contributed by atoms with Crippen molar-refractivity contribution in [3.63, 3.8) is 0 Å². The molecule has 1 aliphatic heterocycles. The van der Waals surface area contributed by atoms with Crippen molar-refractivity contribution in [3.05, 3.63) is 12.2 Å². The van der Waals surface area contributed by atoms with Crippen LogP contribution in [0.1, 0.15) is 354 Å². The fraction of sp³-hybridized carbons (Fsp3) is 0.955. The second-order valence-corrected chi connectivity index (χ2v) is 24.0. The lowest BCUT2D eigenvalue weighted by atomic mass is 9.99. The Kier molecular flexibility index (Phi) is 54.9. The first-order chi connectivity index (χ1) is 37.3. The number of carbonyl (C=O) groups excluding carboxylic acids is 1. The summed E-state index contributed by atoms with van der Waals surface area (Å²) >= 11 is 0. The summed E-state index contributed by atoms with van der Waals surface area (Å²) in [6.07, 6.45) is 66.0. The minimum Gasteiger partial charge on any atom is -0.394 e. The van der Waals surface area contributed by atoms with Crippen molar-refractivity contribution in [1.82, 2.24) is 5.32 Å². The number of hydrogen-bond acceptors (Lipinski definition) is 8. The van der Waals surface area contributed by atoms with Gasteiger partial charge in [-0.15, -0.1) is 0 Å². The lowest BCUT2D eigenvalue weighted by Gasteiger charge is -2.40. The van der Waals surface area contributed by atoms with Crippen molar-refractivity contribution in [2.24, 2.45) is 0 Å². The van der Waals surface area contributed by atoms with Gasteiger partial charge in [0.2, 0.25) is 5.91 Å². The predicted octanol–water partition coefficient (Wildman–Crippen LogP) is 17.9. The third-order valence-electron chi connectivity index (χ3n) is 16.6. The molecule has 0 aliphatic carbocycles. The maximum absolute atomic E-state index is 13.1. The molecule has 0 spiro atoms. The van der Waals surface area contributed by atoms with E-state index in [2.05, 4.69) is 19.2 Å². The van der Waals surface area contributed by atoms with Crippen LogP contribution in [-0.4, -0.2) is 87.5 Å². The third-order valence-corrected chi connectivity index (χ3v) is 16.6. The average Bonchev–Trinajstić information content (AvgIpc) is 3.42. The van der Waals surface area contributed by atoms with Crippen LogP contribution < -0.4 is 5.32 Å². The number of aliphatic hydroxyl groups is 5. The van der Waals surface area contributed by atoms with Gasteiger partial charge in [0.25, 0.3) is 0 Å². The molecule has 1 fully saturated rings. The van der Waals surface area contributed by atoms with Gasteiger partial charge in [-0.25, -0.2) is 0 Å². The number of allylic oxidation sites excluding steroid dienone is 1. The van der Waals surface area contributed by atoms with Crippen LogP contribution in [0.4, 0.5) is 0 Å². The number of carbonyl (C=O) groups is 1. The summed E-state index contributed by atoms with van der Waals surface area (Å²) in [7, 11) is 0. The fourth-order valence-corrected chi connectivity index (χ4v) is 11.3. The molecule has 0 aromatic carbocycles. The van der Waals surface area contributed by atoms with Crippen molar-refractivity contribution in [1.29, 1.82) is 0 Å². The first-order valence-corrected chi connectivity index (χ1v) is 33.9. The minimum atomic E-state index is -1.56. The van der Waals surface area contributed by atoms with Gasteiger partial charge in [-0.05, 0) is 19.3 Å². The summed E-state index contributed by atoms with van der Waals surface area (Å²) in [4.78, 5) is 13.1. The molecular formula is C67H131NO8. The smallest absolute Gasteiger partial charge is 0.220 e. The second-order valence-electron chi connectivity index (χ2n) is 24.0. The summed E-state index contributed by atoms with van der Waals surface area (Å²) in [6, 6.07) is -0.801. The Bertz CT molecular complexity index is 1200. The minimum absolute atomic E-state index is 0.168. The zero-order valence-corrected chi connectivity index (χ0v) is 50.5. The molecule has 1 rings (SSSR count). The Morgan fingerprint density at radius 1 is 0.434 bits per heavy atom. The van der Waals surface area contributed by atoms with E-state index < -0.39 is 49.5 Å². The van der Waals surface area contributed by atoms with Crippen LogP contribution in [0.2, 0.25) is 0 Å². The van der Waals surface area contributed by atoms with Crippen LogP contribution in [-0.2, 0) is 14.3 Å². The van der Waals surface area contributed by atoms with Gasteiger partial charge in [-0.1, -0.05) is 341 Å². The summed E-state index contributed by atoms with van der Waals surface area (Å²) < 4.78 is 11.3. The van der Waals surface area contributed by atoms with E-state index in [9.17, 15) is 30.3 Å². The molecule has 0 radical (unpaired) electrons. The van der Waals surface area contributed by atoms with Gasteiger partial charge in [-0.2, -0.15) is 0 Å². The van der Waals surface area contributed by atoms with Gasteiger partial charge in [0, 0.05) is 6.42 Å². The molecule has 0 aromatic rings. The average molecular weight is 1080 g/mol. The van der Waals surface area contributed by atoms with E-state index in [4.69, 9.17) is 9.47 Å². The quantitative estimate of drug-likeness (QED) is 0.0261. The van der Waals surface area contributed by atoms with E-state index in [0.717, 1.165) is 38.5 Å². The molecule has 7 atom stereocenters. The van der Waals surface area contributed by atoms with Gasteiger partial charge in [0.1, 0.15) is 24.4 Å². The topological polar surface area (TPSA) is 149 Å². The lowest BCUT2D eigenvalue weighted by Crippen LogP contribution is -2.60. The number of unbranched alkanes of at least 4 members (excludes halogenated alkanes) is 50. The standard InChI is InChI=1S/C67H131NO8/c1-3-5-7-9-11-13-15-17-19-21-23-25-26-27-28-29-30-31-32-33-34-35-37-38-40-42-44-46-48-50-52-54-56-61(70)60(59-75-67-66(74)65(73)64(72)62(58-69)76-67)68-63(71)57-55-53-51-49-47-45-43-41-39-36-24-22-20-18-16-14-12-10-8-6-4-2/h54,56,60-62,64-67,69-70,72-74H,3-53,55,57-59H2,1-2H3,(H,68,71)/b56-54+. The van der Waals surface area contributed by atoms with E-state index in [1.165, 1.54) is 295 Å². The molecule has 6 N–H and O–H groups in total. The second kappa shape index (κ2) is 57.2. The summed E-state index contributed by atoms with van der Waals surface area (Å²) in [6.45, 7) is 3.84. The maximum atomic E-state index is 13.1. The van der Waals surface area contributed by atoms with Crippen LogP contribution in [0.5, 0.6) is 0 Å². The van der Waals surface area contributed by atoms with Crippen LogP contribution in [0.3, 0.4) is 0 Å². The highest BCUT2D eigenvalue weighted by molar-refractivity contribution is 5.76. The Labute approximate surface area is 471 Å². The lowest BCUT2D eigenvalue weighted by molar-refractivity contribution is -0.302. The monoisotopic (exact) mass is 1080 g/mol. The van der Waals surface area contributed by atoms with Gasteiger partial charge >= 0.3 is 0 Å². The predicted molar refractivity (Wildman–Crippen MR) is 323 cm³/mol. The molecule has 452 valence electrons. The van der Waals surface area contributed by atoms with E-state index in [-0.39, 0.29) is 12.5 Å². The van der Waals surface area contributed by atoms with Gasteiger partial charge in [0.15, 0.2) is 6.29 Å². The van der Waals surface area contributed by atoms with Gasteiger partial charge in [-0.3, -0.25) is 4.79 Å². The first-order valence-electron chi connectivity index (χ1n) is 33.9. The number of ether oxygens (including phenoxy) is 2. The van der Waals surface area contributed by atoms with Gasteiger partial charge in [0.05, 0.1) is 25.4 Å². The van der Waals surface area contributed by atoms with Crippen LogP contribution >= 0.6 is 0 Å². The van der Waals surface area contributed by atoms with E-state index in [1.54, 1.807) is 6.08 Å². The van der Waals surface area contributed by atoms with Gasteiger partial charge < -0.3 is 40.3 Å². The van der Waals surface area contributed by atoms with Crippen LogP contribution in [0.15, 0.2) is 12.2 Å². The Balaban J connectivity index is 2.12. The Morgan fingerprint density at radius 2 is 0.724 bits per heavy atom. The molecular weight excluding hydrogens is 947 g/mol. The number of nitrogens with one attached hydrogen (secondary N) is 1. The molecule has 1 heterocycles. The zero-order chi connectivity index (χ0) is 55.0. The first kappa shape index (κ1) is 72.9. The molecule has 0 saturated carbocycles. The largest absolute Gasteiger partial charge is 0.394 e. The van der Waals surface area contributed by atoms with Crippen LogP contribution in [0.25, 0.3) is 0 Å². The van der Waals surface area contributed by atoms with E-state index >= 15 is 0 Å². The van der Waals surface area contributed by atoms with E-state index in [0.29, 0.717) is 6.42 Å². The molecule has 9 nitrogen and oxygen atoms in total. The molecule has 0 bridgehead atoms. The third kappa shape index (κ3) is 45.6. The van der Waals surface area contributed by atoms with Crippen molar-refractivity contribution in [3.8, 4) is 0 Å². The number of hydrogen-bond donors (Lipinski definition) is 6. The molecule has 9 heteroatoms. The summed E-state index contributed by atoms with van der Waals surface area (Å²) in [5, 5.41) is 54.7. The zero-order valence-electron chi connectivity index (χ0n) is 50.5. The highest BCUT2D eigenvalue weighted by atomic mass is 16.7. The highest BCUT2D eigenvalue weighted by Crippen LogP contribution is 2.23.